The highest BCUT2D eigenvalue weighted by molar-refractivity contribution is 6.37. The van der Waals surface area contributed by atoms with E-state index in [9.17, 15) is 24.0 Å². The van der Waals surface area contributed by atoms with Crippen LogP contribution in [0.15, 0.2) is 0 Å². The van der Waals surface area contributed by atoms with Gasteiger partial charge in [0.1, 0.15) is 12.1 Å². The molecule has 0 aromatic rings. The average Bonchev–Trinajstić information content (AvgIpc) is 3.22. The van der Waals surface area contributed by atoms with Crippen LogP contribution in [0.5, 0.6) is 0 Å². The van der Waals surface area contributed by atoms with Crippen LogP contribution in [0.2, 0.25) is 0 Å². The number of rotatable bonds is 10. The summed E-state index contributed by atoms with van der Waals surface area (Å²) in [6.45, 7) is 6.17. The third-order valence-corrected chi connectivity index (χ3v) is 6.99. The Kier molecular flexibility index (Phi) is 9.67. The third-order valence-electron chi connectivity index (χ3n) is 6.99. The van der Waals surface area contributed by atoms with Crippen LogP contribution in [0.3, 0.4) is 0 Å². The van der Waals surface area contributed by atoms with Crippen LogP contribution in [-0.2, 0) is 19.2 Å². The number of nitrogens with one attached hydrogen (secondary N) is 2. The van der Waals surface area contributed by atoms with Crippen molar-refractivity contribution in [1.29, 1.82) is 0 Å². The molecule has 2 fully saturated rings. The Balaban J connectivity index is 2.30. The molecule has 1 saturated carbocycles. The van der Waals surface area contributed by atoms with Gasteiger partial charge in [0, 0.05) is 6.54 Å². The topological polar surface area (TPSA) is 165 Å². The lowest BCUT2D eigenvalue weighted by atomic mass is 9.83. The lowest BCUT2D eigenvalue weighted by molar-refractivity contribution is -0.144. The predicted molar refractivity (Wildman–Crippen MR) is 123 cm³/mol. The number of urea groups is 1. The summed E-state index contributed by atoms with van der Waals surface area (Å²) < 4.78 is 0. The van der Waals surface area contributed by atoms with Crippen LogP contribution in [-0.4, -0.2) is 59.1 Å². The molecule has 2 rings (SSSR count). The fraction of sp³-hybridized carbons (Fsp3) is 0.783. The molecule has 186 valence electrons. The number of hydrogen-bond acceptors (Lipinski definition) is 5. The fourth-order valence-corrected chi connectivity index (χ4v) is 5.26. The van der Waals surface area contributed by atoms with E-state index in [1.165, 1.54) is 4.90 Å². The van der Waals surface area contributed by atoms with Crippen molar-refractivity contribution in [2.24, 2.45) is 29.2 Å². The van der Waals surface area contributed by atoms with Gasteiger partial charge in [-0.3, -0.25) is 19.2 Å². The summed E-state index contributed by atoms with van der Waals surface area (Å²) in [5.41, 5.74) is 10.5. The number of primary amides is 2. The van der Waals surface area contributed by atoms with Gasteiger partial charge in [-0.1, -0.05) is 46.5 Å². The molecule has 1 aliphatic heterocycles. The molecule has 0 bridgehead atoms. The van der Waals surface area contributed by atoms with Gasteiger partial charge in [-0.25, -0.2) is 4.79 Å². The zero-order valence-corrected chi connectivity index (χ0v) is 20.0. The first-order valence-corrected chi connectivity index (χ1v) is 12.1. The van der Waals surface area contributed by atoms with Crippen molar-refractivity contribution in [2.75, 3.05) is 6.54 Å². The van der Waals surface area contributed by atoms with E-state index in [1.807, 2.05) is 20.8 Å². The summed E-state index contributed by atoms with van der Waals surface area (Å²) in [7, 11) is 0. The second-order valence-corrected chi connectivity index (χ2v) is 9.64. The molecular weight excluding hydrogens is 426 g/mol. The molecule has 2 aliphatic rings. The van der Waals surface area contributed by atoms with Crippen molar-refractivity contribution >= 4 is 29.5 Å². The first kappa shape index (κ1) is 26.6. The van der Waals surface area contributed by atoms with Crippen molar-refractivity contribution in [1.82, 2.24) is 15.5 Å². The van der Waals surface area contributed by atoms with E-state index < -0.39 is 41.8 Å². The van der Waals surface area contributed by atoms with Crippen LogP contribution >= 0.6 is 0 Å². The fourth-order valence-electron chi connectivity index (χ4n) is 5.26. The molecule has 0 aromatic carbocycles. The maximum Gasteiger partial charge on any atom is 0.312 e. The van der Waals surface area contributed by atoms with Gasteiger partial charge in [0.2, 0.25) is 17.6 Å². The normalized spacial score (nSPS) is 23.1. The molecule has 0 aromatic heterocycles. The Morgan fingerprint density at radius 2 is 1.61 bits per heavy atom. The SMILES string of the molecule is CCCC(NC(=O)[C@@H]1[C@@H](C(C)C)CCN1C(=O)[C@@H](NC(N)=O)C1CCCCC1)C(=O)C(N)=O. The summed E-state index contributed by atoms with van der Waals surface area (Å²) in [5, 5.41) is 5.30. The van der Waals surface area contributed by atoms with Crippen LogP contribution in [0, 0.1) is 17.8 Å². The highest BCUT2D eigenvalue weighted by Gasteiger charge is 2.46. The number of amides is 5. The van der Waals surface area contributed by atoms with Gasteiger partial charge in [-0.2, -0.15) is 0 Å². The Morgan fingerprint density at radius 1 is 0.970 bits per heavy atom. The molecule has 0 radical (unpaired) electrons. The zero-order valence-electron chi connectivity index (χ0n) is 20.0. The molecule has 5 amide bonds. The Bertz CT molecular complexity index is 750. The van der Waals surface area contributed by atoms with Gasteiger partial charge in [0.05, 0.1) is 6.04 Å². The van der Waals surface area contributed by atoms with Crippen LogP contribution in [0.25, 0.3) is 0 Å². The third kappa shape index (κ3) is 6.68. The van der Waals surface area contributed by atoms with Gasteiger partial charge in [0.25, 0.3) is 5.91 Å². The van der Waals surface area contributed by atoms with Crippen molar-refractivity contribution in [3.05, 3.63) is 0 Å². The highest BCUT2D eigenvalue weighted by atomic mass is 16.2. The zero-order chi connectivity index (χ0) is 24.7. The maximum atomic E-state index is 13.7. The molecule has 1 heterocycles. The van der Waals surface area contributed by atoms with Gasteiger partial charge in [-0.05, 0) is 43.4 Å². The monoisotopic (exact) mass is 465 g/mol. The number of Topliss-reactive ketones (excluding diaryl/α,β-unsaturated/α-hetero) is 1. The molecule has 4 atom stereocenters. The molecule has 10 nitrogen and oxygen atoms in total. The number of ketones is 1. The molecule has 1 saturated heterocycles. The summed E-state index contributed by atoms with van der Waals surface area (Å²) in [4.78, 5) is 63.9. The van der Waals surface area contributed by atoms with Crippen LogP contribution in [0.1, 0.15) is 72.1 Å². The number of carbonyl (C=O) groups is 5. The van der Waals surface area contributed by atoms with Crippen molar-refractivity contribution in [3.63, 3.8) is 0 Å². The summed E-state index contributed by atoms with van der Waals surface area (Å²) in [6.07, 6.45) is 6.11. The van der Waals surface area contributed by atoms with Crippen molar-refractivity contribution in [3.8, 4) is 0 Å². The molecule has 1 unspecified atom stereocenters. The average molecular weight is 466 g/mol. The largest absolute Gasteiger partial charge is 0.363 e. The predicted octanol–water partition coefficient (Wildman–Crippen LogP) is 0.816. The molecular formula is C23H39N5O5. The van der Waals surface area contributed by atoms with E-state index in [1.54, 1.807) is 0 Å². The first-order chi connectivity index (χ1) is 15.6. The van der Waals surface area contributed by atoms with Crippen molar-refractivity contribution in [2.45, 2.75) is 90.3 Å². The van der Waals surface area contributed by atoms with Gasteiger partial charge in [-0.15, -0.1) is 0 Å². The minimum Gasteiger partial charge on any atom is -0.363 e. The molecule has 0 spiro atoms. The van der Waals surface area contributed by atoms with Gasteiger partial charge >= 0.3 is 6.03 Å². The second kappa shape index (κ2) is 12.0. The molecule has 1 aliphatic carbocycles. The first-order valence-electron chi connectivity index (χ1n) is 12.1. The van der Waals surface area contributed by atoms with Gasteiger partial charge in [0.15, 0.2) is 0 Å². The minimum absolute atomic E-state index is 0.0372. The Hall–Kier alpha value is -2.65. The number of hydrogen-bond donors (Lipinski definition) is 4. The Labute approximate surface area is 195 Å². The molecule has 33 heavy (non-hydrogen) atoms. The number of nitrogens with two attached hydrogens (primary N) is 2. The lowest BCUT2D eigenvalue weighted by Gasteiger charge is -2.36. The maximum absolute atomic E-state index is 13.7. The standard InChI is InChI=1S/C23H39N5O5/c1-4-8-16(19(29)20(24)30)26-21(31)18-15(13(2)3)11-12-28(18)22(32)17(27-23(25)33)14-9-6-5-7-10-14/h13-18H,4-12H2,1-3H3,(H2,24,30)(H,26,31)(H3,25,27,33)/t15-,16?,17+,18+/m1/s1. The smallest absolute Gasteiger partial charge is 0.312 e. The number of carbonyl (C=O) groups excluding carboxylic acids is 5. The minimum atomic E-state index is -1.10. The van der Waals surface area contributed by atoms with E-state index in [2.05, 4.69) is 10.6 Å². The van der Waals surface area contributed by atoms with E-state index >= 15 is 0 Å². The van der Waals surface area contributed by atoms with Crippen molar-refractivity contribution < 1.29 is 24.0 Å². The molecule has 6 N–H and O–H groups in total. The second-order valence-electron chi connectivity index (χ2n) is 9.64. The Morgan fingerprint density at radius 3 is 2.12 bits per heavy atom. The van der Waals surface area contributed by atoms with Crippen LogP contribution in [0.4, 0.5) is 4.79 Å². The molecule has 10 heteroatoms. The number of likely N-dealkylation sites (tertiary alicyclic amines) is 1. The van der Waals surface area contributed by atoms with E-state index in [0.29, 0.717) is 19.4 Å². The number of nitrogens with zero attached hydrogens (tertiary/aromatic N) is 1. The summed E-state index contributed by atoms with van der Waals surface area (Å²) in [5.74, 6) is -2.81. The summed E-state index contributed by atoms with van der Waals surface area (Å²) in [6, 6.07) is -3.39. The lowest BCUT2D eigenvalue weighted by Crippen LogP contribution is -2.59. The van der Waals surface area contributed by atoms with E-state index in [0.717, 1.165) is 32.1 Å². The quantitative estimate of drug-likeness (QED) is 0.350. The van der Waals surface area contributed by atoms with E-state index in [-0.39, 0.29) is 30.1 Å². The van der Waals surface area contributed by atoms with E-state index in [4.69, 9.17) is 11.5 Å². The van der Waals surface area contributed by atoms with Gasteiger partial charge < -0.3 is 27.0 Å². The highest BCUT2D eigenvalue weighted by Crippen LogP contribution is 2.34. The summed E-state index contributed by atoms with van der Waals surface area (Å²) >= 11 is 0. The van der Waals surface area contributed by atoms with Crippen LogP contribution < -0.4 is 22.1 Å².